The Labute approximate surface area is 104 Å². The fourth-order valence-corrected chi connectivity index (χ4v) is 1.55. The molecule has 1 aromatic heterocycles. The van der Waals surface area contributed by atoms with Crippen LogP contribution in [0.4, 0.5) is 15.8 Å². The number of nitrogens with two attached hydrogens (primary N) is 1. The Bertz CT molecular complexity index is 578. The highest BCUT2D eigenvalue weighted by Crippen LogP contribution is 2.16. The molecule has 0 fully saturated rings. The van der Waals surface area contributed by atoms with Gasteiger partial charge in [-0.1, -0.05) is 6.07 Å². The first-order valence-electron chi connectivity index (χ1n) is 5.36. The van der Waals surface area contributed by atoms with E-state index in [0.29, 0.717) is 5.69 Å². The SMILES string of the molecule is Cc1cccc(C(=O)Nc2cc(N)cc(F)c2)n1. The molecule has 5 heteroatoms. The summed E-state index contributed by atoms with van der Waals surface area (Å²) in [6.07, 6.45) is 0. The van der Waals surface area contributed by atoms with Crippen molar-refractivity contribution in [1.82, 2.24) is 4.98 Å². The normalized spacial score (nSPS) is 10.1. The highest BCUT2D eigenvalue weighted by molar-refractivity contribution is 6.03. The maximum absolute atomic E-state index is 13.1. The van der Waals surface area contributed by atoms with Gasteiger partial charge >= 0.3 is 0 Å². The Morgan fingerprint density at radius 3 is 2.78 bits per heavy atom. The number of nitrogens with zero attached hydrogens (tertiary/aromatic N) is 1. The second-order valence-corrected chi connectivity index (χ2v) is 3.89. The molecular formula is C13H12FN3O. The minimum absolute atomic E-state index is 0.252. The first-order chi connectivity index (χ1) is 8.54. The summed E-state index contributed by atoms with van der Waals surface area (Å²) in [5, 5.41) is 2.55. The Balaban J connectivity index is 2.21. The third kappa shape index (κ3) is 2.82. The van der Waals surface area contributed by atoms with Crippen LogP contribution in [0.5, 0.6) is 0 Å². The van der Waals surface area contributed by atoms with E-state index < -0.39 is 11.7 Å². The number of rotatable bonds is 2. The van der Waals surface area contributed by atoms with E-state index in [0.717, 1.165) is 5.69 Å². The van der Waals surface area contributed by atoms with E-state index in [1.807, 2.05) is 0 Å². The zero-order valence-electron chi connectivity index (χ0n) is 9.77. The Kier molecular flexibility index (Phi) is 3.23. The van der Waals surface area contributed by atoms with E-state index in [1.54, 1.807) is 25.1 Å². The van der Waals surface area contributed by atoms with E-state index in [9.17, 15) is 9.18 Å². The topological polar surface area (TPSA) is 68.0 Å². The number of nitrogens with one attached hydrogen (secondary N) is 1. The third-order valence-electron chi connectivity index (χ3n) is 2.30. The van der Waals surface area contributed by atoms with Crippen LogP contribution in [-0.2, 0) is 0 Å². The molecule has 2 aromatic rings. The van der Waals surface area contributed by atoms with Crippen molar-refractivity contribution in [2.75, 3.05) is 11.1 Å². The van der Waals surface area contributed by atoms with Gasteiger partial charge in [0.1, 0.15) is 11.5 Å². The van der Waals surface area contributed by atoms with Crippen molar-refractivity contribution in [2.45, 2.75) is 6.92 Å². The van der Waals surface area contributed by atoms with E-state index in [1.165, 1.54) is 18.2 Å². The molecule has 4 nitrogen and oxygen atoms in total. The van der Waals surface area contributed by atoms with Crippen LogP contribution < -0.4 is 11.1 Å². The smallest absolute Gasteiger partial charge is 0.274 e. The number of amides is 1. The predicted octanol–water partition coefficient (Wildman–Crippen LogP) is 2.36. The van der Waals surface area contributed by atoms with Crippen LogP contribution in [0.3, 0.4) is 0 Å². The molecule has 0 saturated carbocycles. The molecule has 0 aliphatic heterocycles. The minimum atomic E-state index is -0.498. The Morgan fingerprint density at radius 1 is 1.33 bits per heavy atom. The maximum atomic E-state index is 13.1. The predicted molar refractivity (Wildman–Crippen MR) is 67.7 cm³/mol. The Hall–Kier alpha value is -2.43. The molecule has 92 valence electrons. The van der Waals surface area contributed by atoms with E-state index in [2.05, 4.69) is 10.3 Å². The average molecular weight is 245 g/mol. The number of carbonyl (C=O) groups excluding carboxylic acids is 1. The second kappa shape index (κ2) is 4.83. The summed E-state index contributed by atoms with van der Waals surface area (Å²) in [6.45, 7) is 1.79. The van der Waals surface area contributed by atoms with Gasteiger partial charge in [-0.3, -0.25) is 4.79 Å². The molecule has 0 aliphatic carbocycles. The number of aromatic nitrogens is 1. The number of hydrogen-bond acceptors (Lipinski definition) is 3. The molecule has 0 saturated heterocycles. The molecule has 0 radical (unpaired) electrons. The van der Waals surface area contributed by atoms with Gasteiger partial charge in [0.05, 0.1) is 0 Å². The molecule has 1 amide bonds. The Morgan fingerprint density at radius 2 is 2.11 bits per heavy atom. The monoisotopic (exact) mass is 245 g/mol. The van der Waals surface area contributed by atoms with Crippen molar-refractivity contribution in [3.63, 3.8) is 0 Å². The van der Waals surface area contributed by atoms with E-state index in [-0.39, 0.29) is 11.4 Å². The number of nitrogen functional groups attached to an aromatic ring is 1. The van der Waals surface area contributed by atoms with Crippen LogP contribution in [0, 0.1) is 12.7 Å². The molecule has 1 aromatic carbocycles. The van der Waals surface area contributed by atoms with Crippen molar-refractivity contribution in [3.05, 3.63) is 53.6 Å². The molecule has 18 heavy (non-hydrogen) atoms. The summed E-state index contributed by atoms with van der Waals surface area (Å²) in [5.41, 5.74) is 7.06. The second-order valence-electron chi connectivity index (χ2n) is 3.89. The van der Waals surface area contributed by atoms with Gasteiger partial charge in [-0.25, -0.2) is 9.37 Å². The number of carbonyl (C=O) groups is 1. The van der Waals surface area contributed by atoms with Crippen LogP contribution in [0.25, 0.3) is 0 Å². The lowest BCUT2D eigenvalue weighted by molar-refractivity contribution is 0.102. The highest BCUT2D eigenvalue weighted by Gasteiger charge is 2.08. The molecule has 2 rings (SSSR count). The van der Waals surface area contributed by atoms with Gasteiger partial charge in [0, 0.05) is 17.1 Å². The third-order valence-corrected chi connectivity index (χ3v) is 2.30. The number of benzene rings is 1. The van der Waals surface area contributed by atoms with Gasteiger partial charge in [-0.2, -0.15) is 0 Å². The van der Waals surface area contributed by atoms with Gasteiger partial charge in [0.25, 0.3) is 5.91 Å². The molecule has 0 atom stereocenters. The molecule has 3 N–H and O–H groups in total. The van der Waals surface area contributed by atoms with E-state index in [4.69, 9.17) is 5.73 Å². The van der Waals surface area contributed by atoms with Crippen molar-refractivity contribution < 1.29 is 9.18 Å². The minimum Gasteiger partial charge on any atom is -0.399 e. The lowest BCUT2D eigenvalue weighted by Gasteiger charge is -2.06. The van der Waals surface area contributed by atoms with Gasteiger partial charge in [-0.15, -0.1) is 0 Å². The summed E-state index contributed by atoms with van der Waals surface area (Å²) in [6, 6.07) is 8.97. The van der Waals surface area contributed by atoms with Crippen LogP contribution in [-0.4, -0.2) is 10.9 Å². The average Bonchev–Trinajstić information content (AvgIpc) is 2.27. The number of pyridine rings is 1. The summed E-state index contributed by atoms with van der Waals surface area (Å²) < 4.78 is 13.1. The number of aryl methyl sites for hydroxylation is 1. The number of anilines is 2. The van der Waals surface area contributed by atoms with Crippen molar-refractivity contribution in [1.29, 1.82) is 0 Å². The van der Waals surface area contributed by atoms with E-state index >= 15 is 0 Å². The van der Waals surface area contributed by atoms with Crippen LogP contribution in [0.1, 0.15) is 16.2 Å². The van der Waals surface area contributed by atoms with Crippen LogP contribution in [0.15, 0.2) is 36.4 Å². The zero-order chi connectivity index (χ0) is 13.1. The lowest BCUT2D eigenvalue weighted by atomic mass is 10.2. The molecule has 0 aliphatic rings. The molecule has 0 bridgehead atoms. The first kappa shape index (κ1) is 12.0. The molecule has 0 unspecified atom stereocenters. The summed E-state index contributed by atoms with van der Waals surface area (Å²) in [7, 11) is 0. The fraction of sp³-hybridized carbons (Fsp3) is 0.0769. The highest BCUT2D eigenvalue weighted by atomic mass is 19.1. The summed E-state index contributed by atoms with van der Waals surface area (Å²) in [5.74, 6) is -0.897. The van der Waals surface area contributed by atoms with Gasteiger partial charge in [0.15, 0.2) is 0 Å². The number of hydrogen-bond donors (Lipinski definition) is 2. The maximum Gasteiger partial charge on any atom is 0.274 e. The lowest BCUT2D eigenvalue weighted by Crippen LogP contribution is -2.14. The van der Waals surface area contributed by atoms with Crippen molar-refractivity contribution in [3.8, 4) is 0 Å². The van der Waals surface area contributed by atoms with Crippen LogP contribution >= 0.6 is 0 Å². The first-order valence-corrected chi connectivity index (χ1v) is 5.36. The van der Waals surface area contributed by atoms with Crippen molar-refractivity contribution in [2.24, 2.45) is 0 Å². The molecular weight excluding hydrogens is 233 g/mol. The largest absolute Gasteiger partial charge is 0.399 e. The number of halogens is 1. The van der Waals surface area contributed by atoms with Gasteiger partial charge in [-0.05, 0) is 37.3 Å². The summed E-state index contributed by atoms with van der Waals surface area (Å²) >= 11 is 0. The van der Waals surface area contributed by atoms with Crippen LogP contribution in [0.2, 0.25) is 0 Å². The standard InChI is InChI=1S/C13H12FN3O/c1-8-3-2-4-12(16-8)13(18)17-11-6-9(14)5-10(15)7-11/h2-7H,15H2,1H3,(H,17,18). The van der Waals surface area contributed by atoms with Gasteiger partial charge < -0.3 is 11.1 Å². The quantitative estimate of drug-likeness (QED) is 0.798. The summed E-state index contributed by atoms with van der Waals surface area (Å²) in [4.78, 5) is 15.9. The van der Waals surface area contributed by atoms with Crippen molar-refractivity contribution >= 4 is 17.3 Å². The van der Waals surface area contributed by atoms with Gasteiger partial charge in [0.2, 0.25) is 0 Å². The molecule has 0 spiro atoms. The zero-order valence-corrected chi connectivity index (χ0v) is 9.77. The molecule has 1 heterocycles. The fourth-order valence-electron chi connectivity index (χ4n) is 1.55.